The van der Waals surface area contributed by atoms with Gasteiger partial charge in [-0.2, -0.15) is 0 Å². The summed E-state index contributed by atoms with van der Waals surface area (Å²) in [6, 6.07) is 7.21. The summed E-state index contributed by atoms with van der Waals surface area (Å²) in [7, 11) is 1.61. The third-order valence-electron chi connectivity index (χ3n) is 5.27. The average molecular weight is 427 g/mol. The number of amides is 1. The lowest BCUT2D eigenvalue weighted by atomic mass is 10.2. The van der Waals surface area contributed by atoms with Gasteiger partial charge in [0.1, 0.15) is 34.5 Å². The maximum absolute atomic E-state index is 13.3. The van der Waals surface area contributed by atoms with Gasteiger partial charge < -0.3 is 19.7 Å². The number of aromatic nitrogens is 2. The Morgan fingerprint density at radius 2 is 2.23 bits per heavy atom. The van der Waals surface area contributed by atoms with E-state index in [2.05, 4.69) is 27.1 Å². The Bertz CT molecular complexity index is 1020. The summed E-state index contributed by atoms with van der Waals surface area (Å²) in [5.74, 6) is 2.09. The minimum atomic E-state index is -0.294. The topological polar surface area (TPSA) is 76.6 Å². The number of anilines is 2. The van der Waals surface area contributed by atoms with Crippen molar-refractivity contribution in [2.24, 2.45) is 0 Å². The molecule has 1 aliphatic rings. The van der Waals surface area contributed by atoms with E-state index in [0.717, 1.165) is 48.3 Å². The molecule has 30 heavy (non-hydrogen) atoms. The molecule has 2 aromatic heterocycles. The van der Waals surface area contributed by atoms with Gasteiger partial charge in [0, 0.05) is 12.6 Å². The van der Waals surface area contributed by atoms with Gasteiger partial charge in [-0.1, -0.05) is 13.3 Å². The number of hydrogen-bond acceptors (Lipinski definition) is 7. The molecule has 1 atom stereocenters. The summed E-state index contributed by atoms with van der Waals surface area (Å²) >= 11 is 1.58. The number of ether oxygens (including phenoxy) is 2. The van der Waals surface area contributed by atoms with Crippen molar-refractivity contribution in [3.8, 4) is 11.5 Å². The fraction of sp³-hybridized carbons (Fsp3) is 0.409. The van der Waals surface area contributed by atoms with Gasteiger partial charge in [-0.3, -0.25) is 4.79 Å². The Hall–Kier alpha value is -2.87. The highest BCUT2D eigenvalue weighted by Crippen LogP contribution is 2.34. The van der Waals surface area contributed by atoms with Crippen molar-refractivity contribution in [2.75, 3.05) is 30.5 Å². The van der Waals surface area contributed by atoms with E-state index in [1.165, 1.54) is 0 Å². The Kier molecular flexibility index (Phi) is 6.32. The van der Waals surface area contributed by atoms with Gasteiger partial charge in [-0.25, -0.2) is 9.97 Å². The second-order valence-electron chi connectivity index (χ2n) is 7.24. The standard InChI is InChI=1S/C22H26N4O3S/c1-3-4-11-29-19-8-7-15(28-2)13-17(19)25-21(27)18-6-5-10-26(18)20-16-9-12-30-22(16)24-14-23-20/h7-9,12-14,18H,3-6,10-11H2,1-2H3,(H,25,27). The summed E-state index contributed by atoms with van der Waals surface area (Å²) in [4.78, 5) is 25.1. The molecule has 0 saturated carbocycles. The van der Waals surface area contributed by atoms with E-state index in [1.54, 1.807) is 30.8 Å². The highest BCUT2D eigenvalue weighted by Gasteiger charge is 2.33. The molecule has 1 aliphatic heterocycles. The maximum atomic E-state index is 13.3. The third kappa shape index (κ3) is 4.18. The van der Waals surface area contributed by atoms with Crippen LogP contribution in [-0.4, -0.2) is 42.2 Å². The number of benzene rings is 1. The number of rotatable bonds is 8. The van der Waals surface area contributed by atoms with Crippen LogP contribution < -0.4 is 19.7 Å². The molecule has 1 saturated heterocycles. The molecule has 7 nitrogen and oxygen atoms in total. The van der Waals surface area contributed by atoms with Crippen molar-refractivity contribution in [1.82, 2.24) is 9.97 Å². The number of nitrogens with one attached hydrogen (secondary N) is 1. The van der Waals surface area contributed by atoms with Gasteiger partial charge in [0.15, 0.2) is 0 Å². The molecular weight excluding hydrogens is 400 g/mol. The van der Waals surface area contributed by atoms with Crippen LogP contribution in [-0.2, 0) is 4.79 Å². The molecule has 158 valence electrons. The number of hydrogen-bond donors (Lipinski definition) is 1. The predicted molar refractivity (Wildman–Crippen MR) is 120 cm³/mol. The molecule has 0 aliphatic carbocycles. The molecule has 1 fully saturated rings. The van der Waals surface area contributed by atoms with Gasteiger partial charge in [-0.15, -0.1) is 11.3 Å². The van der Waals surface area contributed by atoms with Crippen LogP contribution in [0.25, 0.3) is 10.2 Å². The Balaban J connectivity index is 1.56. The van der Waals surface area contributed by atoms with Gasteiger partial charge in [0.05, 0.1) is 24.8 Å². The van der Waals surface area contributed by atoms with Gasteiger partial charge in [0.2, 0.25) is 5.91 Å². The lowest BCUT2D eigenvalue weighted by Gasteiger charge is -2.25. The number of unbranched alkanes of at least 4 members (excludes halogenated alkanes) is 1. The van der Waals surface area contributed by atoms with Crippen molar-refractivity contribution in [3.05, 3.63) is 36.0 Å². The van der Waals surface area contributed by atoms with Gasteiger partial charge in [0.25, 0.3) is 0 Å². The molecule has 3 heterocycles. The first-order valence-electron chi connectivity index (χ1n) is 10.3. The monoisotopic (exact) mass is 426 g/mol. The van der Waals surface area contributed by atoms with Crippen molar-refractivity contribution in [2.45, 2.75) is 38.6 Å². The highest BCUT2D eigenvalue weighted by molar-refractivity contribution is 7.16. The molecule has 1 amide bonds. The highest BCUT2D eigenvalue weighted by atomic mass is 32.1. The van der Waals surface area contributed by atoms with Crippen molar-refractivity contribution in [1.29, 1.82) is 0 Å². The maximum Gasteiger partial charge on any atom is 0.247 e. The summed E-state index contributed by atoms with van der Waals surface area (Å²) < 4.78 is 11.2. The average Bonchev–Trinajstić information content (AvgIpc) is 3.44. The van der Waals surface area contributed by atoms with Crippen LogP contribution in [0.1, 0.15) is 32.6 Å². The van der Waals surface area contributed by atoms with Gasteiger partial charge >= 0.3 is 0 Å². The second-order valence-corrected chi connectivity index (χ2v) is 8.14. The number of carbonyl (C=O) groups is 1. The minimum absolute atomic E-state index is 0.0666. The first kappa shape index (κ1) is 20.4. The normalized spacial score (nSPS) is 16.1. The van der Waals surface area contributed by atoms with Crippen molar-refractivity contribution in [3.63, 3.8) is 0 Å². The number of carbonyl (C=O) groups excluding carboxylic acids is 1. The molecule has 3 aromatic rings. The van der Waals surface area contributed by atoms with Crippen LogP contribution in [0.15, 0.2) is 36.0 Å². The van der Waals surface area contributed by atoms with E-state index >= 15 is 0 Å². The van der Waals surface area contributed by atoms with Crippen LogP contribution in [0, 0.1) is 0 Å². The quantitative estimate of drug-likeness (QED) is 0.535. The molecule has 1 aromatic carbocycles. The zero-order valence-corrected chi connectivity index (χ0v) is 18.1. The summed E-state index contributed by atoms with van der Waals surface area (Å²) in [6.07, 6.45) is 5.29. The molecule has 0 spiro atoms. The van der Waals surface area contributed by atoms with E-state index in [0.29, 0.717) is 23.8 Å². The molecule has 1 N–H and O–H groups in total. The molecular formula is C22H26N4O3S. The minimum Gasteiger partial charge on any atom is -0.497 e. The smallest absolute Gasteiger partial charge is 0.247 e. The zero-order chi connectivity index (χ0) is 20.9. The van der Waals surface area contributed by atoms with Crippen LogP contribution in [0.2, 0.25) is 0 Å². The fourth-order valence-corrected chi connectivity index (χ4v) is 4.43. The number of fused-ring (bicyclic) bond motifs is 1. The molecule has 0 radical (unpaired) electrons. The van der Waals surface area contributed by atoms with Gasteiger partial charge in [-0.05, 0) is 42.8 Å². The fourth-order valence-electron chi connectivity index (χ4n) is 3.70. The van der Waals surface area contributed by atoms with Crippen LogP contribution >= 0.6 is 11.3 Å². The largest absolute Gasteiger partial charge is 0.497 e. The lowest BCUT2D eigenvalue weighted by molar-refractivity contribution is -0.117. The Morgan fingerprint density at radius 1 is 1.33 bits per heavy atom. The Morgan fingerprint density at radius 3 is 3.07 bits per heavy atom. The third-order valence-corrected chi connectivity index (χ3v) is 6.09. The molecule has 4 rings (SSSR count). The summed E-state index contributed by atoms with van der Waals surface area (Å²) in [6.45, 7) is 3.52. The van der Waals surface area contributed by atoms with E-state index < -0.39 is 0 Å². The SMILES string of the molecule is CCCCOc1ccc(OC)cc1NC(=O)C1CCCN1c1ncnc2sccc12. The van der Waals surface area contributed by atoms with Crippen LogP contribution in [0.4, 0.5) is 11.5 Å². The van der Waals surface area contributed by atoms with E-state index in [4.69, 9.17) is 9.47 Å². The summed E-state index contributed by atoms with van der Waals surface area (Å²) in [5.41, 5.74) is 0.630. The number of nitrogens with zero attached hydrogens (tertiary/aromatic N) is 3. The van der Waals surface area contributed by atoms with E-state index in [-0.39, 0.29) is 11.9 Å². The summed E-state index contributed by atoms with van der Waals surface area (Å²) in [5, 5.41) is 6.07. The van der Waals surface area contributed by atoms with E-state index in [1.807, 2.05) is 23.6 Å². The first-order valence-corrected chi connectivity index (χ1v) is 11.2. The lowest BCUT2D eigenvalue weighted by Crippen LogP contribution is -2.40. The zero-order valence-electron chi connectivity index (χ0n) is 17.3. The van der Waals surface area contributed by atoms with Crippen molar-refractivity contribution < 1.29 is 14.3 Å². The first-order chi connectivity index (χ1) is 14.7. The second kappa shape index (κ2) is 9.30. The Labute approximate surface area is 180 Å². The molecule has 0 bridgehead atoms. The number of thiophene rings is 1. The van der Waals surface area contributed by atoms with Crippen molar-refractivity contribution >= 4 is 39.0 Å². The molecule has 8 heteroatoms. The predicted octanol–water partition coefficient (Wildman–Crippen LogP) is 4.49. The van der Waals surface area contributed by atoms with E-state index in [9.17, 15) is 4.79 Å². The van der Waals surface area contributed by atoms with Crippen LogP contribution in [0.5, 0.6) is 11.5 Å². The molecule has 1 unspecified atom stereocenters. The number of methoxy groups -OCH3 is 1. The van der Waals surface area contributed by atoms with Crippen LogP contribution in [0.3, 0.4) is 0 Å².